The van der Waals surface area contributed by atoms with Crippen LogP contribution in [0.4, 0.5) is 0 Å². The zero-order chi connectivity index (χ0) is 15.7. The lowest BCUT2D eigenvalue weighted by atomic mass is 9.94. The summed E-state index contributed by atoms with van der Waals surface area (Å²) in [6.45, 7) is 13.7. The second-order valence-electron chi connectivity index (χ2n) is 6.15. The molecule has 0 aliphatic carbocycles. The fraction of sp³-hybridized carbons (Fsp3) is 0.684. The summed E-state index contributed by atoms with van der Waals surface area (Å²) in [6, 6.07) is 12.5. The van der Waals surface area contributed by atoms with Gasteiger partial charge < -0.3 is 5.32 Å². The Hall–Kier alpha value is -0.860. The maximum absolute atomic E-state index is 3.79. The maximum atomic E-state index is 3.79. The van der Waals surface area contributed by atoms with E-state index in [1.54, 1.807) is 0 Å². The molecule has 2 nitrogen and oxygen atoms in total. The molecule has 2 heteroatoms. The fourth-order valence-electron chi connectivity index (χ4n) is 3.16. The van der Waals surface area contributed by atoms with Crippen LogP contribution in [0.3, 0.4) is 0 Å². The molecule has 0 amide bonds. The molecule has 1 rings (SSSR count). The summed E-state index contributed by atoms with van der Waals surface area (Å²) in [7, 11) is 0. The van der Waals surface area contributed by atoms with Crippen LogP contribution in [0.1, 0.15) is 65.5 Å². The van der Waals surface area contributed by atoms with Crippen LogP contribution in [-0.2, 0) is 0 Å². The van der Waals surface area contributed by atoms with Crippen molar-refractivity contribution in [3.8, 4) is 0 Å². The first-order valence-corrected chi connectivity index (χ1v) is 8.69. The minimum absolute atomic E-state index is 0.421. The molecule has 0 aliphatic rings. The molecule has 0 bridgehead atoms. The van der Waals surface area contributed by atoms with Gasteiger partial charge in [0.1, 0.15) is 0 Å². The van der Waals surface area contributed by atoms with Crippen LogP contribution in [0.2, 0.25) is 0 Å². The van der Waals surface area contributed by atoms with Crippen molar-refractivity contribution in [3.05, 3.63) is 35.9 Å². The summed E-state index contributed by atoms with van der Waals surface area (Å²) in [6.07, 6.45) is 3.56. The van der Waals surface area contributed by atoms with Gasteiger partial charge in [0.15, 0.2) is 0 Å². The molecule has 21 heavy (non-hydrogen) atoms. The van der Waals surface area contributed by atoms with E-state index in [-0.39, 0.29) is 0 Å². The molecule has 0 aromatic heterocycles. The Morgan fingerprint density at radius 3 is 2.14 bits per heavy atom. The van der Waals surface area contributed by atoms with Crippen molar-refractivity contribution in [1.29, 1.82) is 0 Å². The second-order valence-corrected chi connectivity index (χ2v) is 6.15. The average molecular weight is 290 g/mol. The van der Waals surface area contributed by atoms with Gasteiger partial charge in [-0.25, -0.2) is 0 Å². The van der Waals surface area contributed by atoms with Gasteiger partial charge in [-0.1, -0.05) is 51.1 Å². The third-order valence-corrected chi connectivity index (χ3v) is 4.15. The van der Waals surface area contributed by atoms with Crippen LogP contribution in [-0.4, -0.2) is 30.1 Å². The molecule has 0 aliphatic heterocycles. The quantitative estimate of drug-likeness (QED) is 0.676. The highest BCUT2D eigenvalue weighted by Crippen LogP contribution is 2.25. The van der Waals surface area contributed by atoms with Crippen LogP contribution in [0.25, 0.3) is 0 Å². The van der Waals surface area contributed by atoms with Gasteiger partial charge in [0.05, 0.1) is 0 Å². The van der Waals surface area contributed by atoms with Gasteiger partial charge in [-0.05, 0) is 51.8 Å². The van der Waals surface area contributed by atoms with Crippen molar-refractivity contribution < 1.29 is 0 Å². The highest BCUT2D eigenvalue weighted by atomic mass is 15.2. The molecule has 0 heterocycles. The molecule has 0 radical (unpaired) electrons. The Bertz CT molecular complexity index is 361. The number of benzene rings is 1. The predicted octanol–water partition coefficient (Wildman–Crippen LogP) is 4.63. The van der Waals surface area contributed by atoms with Crippen LogP contribution < -0.4 is 5.32 Å². The van der Waals surface area contributed by atoms with E-state index in [9.17, 15) is 0 Å². The van der Waals surface area contributed by atoms with Gasteiger partial charge in [-0.3, -0.25) is 4.90 Å². The Balaban J connectivity index is 3.01. The van der Waals surface area contributed by atoms with Crippen LogP contribution in [0.15, 0.2) is 30.3 Å². The SMILES string of the molecule is CCCNC(c1ccccc1)C(CC)N(CCC)C(C)C. The standard InChI is InChI=1S/C19H34N2/c1-6-14-20-19(17-12-10-9-11-13-17)18(8-3)21(15-7-2)16(4)5/h9-13,16,18-20H,6-8,14-15H2,1-5H3. The molecule has 0 saturated carbocycles. The molecule has 0 spiro atoms. The highest BCUT2D eigenvalue weighted by molar-refractivity contribution is 5.21. The lowest BCUT2D eigenvalue weighted by molar-refractivity contribution is 0.116. The average Bonchev–Trinajstić information content (AvgIpc) is 2.50. The lowest BCUT2D eigenvalue weighted by Gasteiger charge is -2.40. The van der Waals surface area contributed by atoms with E-state index in [2.05, 4.69) is 75.2 Å². The monoisotopic (exact) mass is 290 g/mol. The molecule has 120 valence electrons. The number of hydrogen-bond donors (Lipinski definition) is 1. The molecule has 1 aromatic carbocycles. The van der Waals surface area contributed by atoms with E-state index in [0.29, 0.717) is 18.1 Å². The molecule has 0 fully saturated rings. The summed E-state index contributed by atoms with van der Waals surface area (Å²) in [4.78, 5) is 2.67. The summed E-state index contributed by atoms with van der Waals surface area (Å²) in [5.41, 5.74) is 1.42. The summed E-state index contributed by atoms with van der Waals surface area (Å²) < 4.78 is 0. The molecule has 1 aromatic rings. The minimum atomic E-state index is 0.421. The molecule has 2 atom stereocenters. The van der Waals surface area contributed by atoms with Crippen LogP contribution in [0, 0.1) is 0 Å². The van der Waals surface area contributed by atoms with E-state index in [4.69, 9.17) is 0 Å². The second kappa shape index (κ2) is 9.97. The predicted molar refractivity (Wildman–Crippen MR) is 93.7 cm³/mol. The number of nitrogens with one attached hydrogen (secondary N) is 1. The Labute approximate surface area is 131 Å². The van der Waals surface area contributed by atoms with Gasteiger partial charge in [0.25, 0.3) is 0 Å². The maximum Gasteiger partial charge on any atom is 0.0478 e. The van der Waals surface area contributed by atoms with Gasteiger partial charge in [0, 0.05) is 18.1 Å². The van der Waals surface area contributed by atoms with Gasteiger partial charge in [-0.15, -0.1) is 0 Å². The normalized spacial score (nSPS) is 14.6. The largest absolute Gasteiger partial charge is 0.309 e. The summed E-state index contributed by atoms with van der Waals surface area (Å²) >= 11 is 0. The van der Waals surface area contributed by atoms with E-state index in [1.165, 1.54) is 31.4 Å². The molecular formula is C19H34N2. The smallest absolute Gasteiger partial charge is 0.0478 e. The highest BCUT2D eigenvalue weighted by Gasteiger charge is 2.28. The first-order chi connectivity index (χ1) is 10.2. The number of rotatable bonds is 10. The molecule has 0 saturated heterocycles. The number of hydrogen-bond acceptors (Lipinski definition) is 2. The van der Waals surface area contributed by atoms with E-state index in [0.717, 1.165) is 6.54 Å². The van der Waals surface area contributed by atoms with Crippen LogP contribution in [0.5, 0.6) is 0 Å². The third-order valence-electron chi connectivity index (χ3n) is 4.15. The first kappa shape index (κ1) is 18.2. The van der Waals surface area contributed by atoms with Crippen molar-refractivity contribution in [1.82, 2.24) is 10.2 Å². The lowest BCUT2D eigenvalue weighted by Crippen LogP contribution is -2.48. The Morgan fingerprint density at radius 1 is 1.00 bits per heavy atom. The number of nitrogens with zero attached hydrogens (tertiary/aromatic N) is 1. The minimum Gasteiger partial charge on any atom is -0.309 e. The van der Waals surface area contributed by atoms with Crippen molar-refractivity contribution in [2.24, 2.45) is 0 Å². The van der Waals surface area contributed by atoms with Crippen molar-refractivity contribution in [2.75, 3.05) is 13.1 Å². The zero-order valence-electron chi connectivity index (χ0n) is 14.6. The van der Waals surface area contributed by atoms with Crippen LogP contribution >= 0.6 is 0 Å². The Kier molecular flexibility index (Phi) is 8.63. The van der Waals surface area contributed by atoms with Gasteiger partial charge in [-0.2, -0.15) is 0 Å². The first-order valence-electron chi connectivity index (χ1n) is 8.69. The zero-order valence-corrected chi connectivity index (χ0v) is 14.6. The van der Waals surface area contributed by atoms with Gasteiger partial charge in [0.2, 0.25) is 0 Å². The molecular weight excluding hydrogens is 256 g/mol. The van der Waals surface area contributed by atoms with E-state index in [1.807, 2.05) is 0 Å². The molecule has 2 unspecified atom stereocenters. The van der Waals surface area contributed by atoms with Crippen molar-refractivity contribution in [2.45, 2.75) is 72.0 Å². The topological polar surface area (TPSA) is 15.3 Å². The van der Waals surface area contributed by atoms with Gasteiger partial charge >= 0.3 is 0 Å². The third kappa shape index (κ3) is 5.44. The Morgan fingerprint density at radius 2 is 1.67 bits per heavy atom. The molecule has 1 N–H and O–H groups in total. The van der Waals surface area contributed by atoms with E-state index >= 15 is 0 Å². The van der Waals surface area contributed by atoms with Crippen molar-refractivity contribution >= 4 is 0 Å². The van der Waals surface area contributed by atoms with E-state index < -0.39 is 0 Å². The summed E-state index contributed by atoms with van der Waals surface area (Å²) in [5, 5.41) is 3.79. The fourth-order valence-corrected chi connectivity index (χ4v) is 3.16. The van der Waals surface area contributed by atoms with Crippen molar-refractivity contribution in [3.63, 3.8) is 0 Å². The summed E-state index contributed by atoms with van der Waals surface area (Å²) in [5.74, 6) is 0.